The molecule has 0 aliphatic heterocycles. The first-order valence-electron chi connectivity index (χ1n) is 12.3. The normalized spacial score (nSPS) is 13.6. The molecule has 0 spiro atoms. The van der Waals surface area contributed by atoms with Crippen LogP contribution in [0.25, 0.3) is 28.6 Å². The molecule has 0 bridgehead atoms. The van der Waals surface area contributed by atoms with Crippen LogP contribution in [-0.2, 0) is 0 Å². The van der Waals surface area contributed by atoms with Gasteiger partial charge in [-0.25, -0.2) is 4.99 Å². The zero-order chi connectivity index (χ0) is 28.8. The molecule has 4 nitrogen and oxygen atoms in total. The van der Waals surface area contributed by atoms with Crippen LogP contribution in [0.1, 0.15) is 23.7 Å². The molecule has 39 heavy (non-hydrogen) atoms. The minimum Gasteiger partial charge on any atom is -0.507 e. The van der Waals surface area contributed by atoms with Gasteiger partial charge in [0.1, 0.15) is 11.6 Å². The third-order valence-corrected chi connectivity index (χ3v) is 5.54. The van der Waals surface area contributed by atoms with E-state index in [0.717, 1.165) is 27.7 Å². The quantitative estimate of drug-likeness (QED) is 0.123. The Balaban J connectivity index is 3.04. The Morgan fingerprint density at radius 3 is 2.18 bits per heavy atom. The van der Waals surface area contributed by atoms with E-state index in [0.29, 0.717) is 22.8 Å². The highest BCUT2D eigenvalue weighted by Crippen LogP contribution is 2.33. The summed E-state index contributed by atoms with van der Waals surface area (Å²) in [5.41, 5.74) is 5.14. The summed E-state index contributed by atoms with van der Waals surface area (Å²) in [7, 11) is 0. The number of fused-ring (bicyclic) bond motifs is 1. The smallest absolute Gasteiger partial charge is 0.137 e. The van der Waals surface area contributed by atoms with Crippen molar-refractivity contribution in [1.29, 1.82) is 0 Å². The number of rotatable bonds is 13. The van der Waals surface area contributed by atoms with Crippen molar-refractivity contribution in [2.45, 2.75) is 6.92 Å². The fraction of sp³-hybridized carbons (Fsp3) is 0.0286. The van der Waals surface area contributed by atoms with Gasteiger partial charge in [0.05, 0.1) is 22.6 Å². The molecule has 0 unspecified atom stereocenters. The summed E-state index contributed by atoms with van der Waals surface area (Å²) in [4.78, 5) is 9.40. The minimum absolute atomic E-state index is 0.0770. The van der Waals surface area contributed by atoms with Gasteiger partial charge in [-0.1, -0.05) is 101 Å². The molecule has 1 heterocycles. The third-order valence-electron chi connectivity index (χ3n) is 5.54. The zero-order valence-electron chi connectivity index (χ0n) is 22.6. The van der Waals surface area contributed by atoms with Gasteiger partial charge in [-0.15, -0.1) is 0 Å². The van der Waals surface area contributed by atoms with E-state index >= 15 is 0 Å². The number of hydrogen-bond donors (Lipinski definition) is 1. The van der Waals surface area contributed by atoms with Crippen LogP contribution in [-0.4, -0.2) is 21.2 Å². The molecule has 0 amide bonds. The number of aromatic nitrogens is 1. The van der Waals surface area contributed by atoms with Crippen LogP contribution in [0.2, 0.25) is 0 Å². The molecule has 0 aliphatic carbocycles. The number of nitrogens with zero attached hydrogens (tertiary/aromatic N) is 3. The van der Waals surface area contributed by atoms with Crippen LogP contribution in [0.4, 0.5) is 0 Å². The average molecular weight is 514 g/mol. The lowest BCUT2D eigenvalue weighted by molar-refractivity contribution is 0.438. The lowest BCUT2D eigenvalue weighted by atomic mass is 10.0. The van der Waals surface area contributed by atoms with Crippen molar-refractivity contribution < 1.29 is 5.11 Å². The van der Waals surface area contributed by atoms with Crippen molar-refractivity contribution in [2.24, 2.45) is 9.98 Å². The Kier molecular flexibility index (Phi) is 11.6. The van der Waals surface area contributed by atoms with E-state index in [2.05, 4.69) is 51.0 Å². The van der Waals surface area contributed by atoms with Crippen LogP contribution in [0.5, 0.6) is 0 Å². The predicted molar refractivity (Wildman–Crippen MR) is 174 cm³/mol. The first kappa shape index (κ1) is 30.0. The number of hydrogen-bond acceptors (Lipinski definition) is 3. The third kappa shape index (κ3) is 6.96. The van der Waals surface area contributed by atoms with Crippen LogP contribution in [0.3, 0.4) is 0 Å². The topological polar surface area (TPSA) is 49.9 Å². The summed E-state index contributed by atoms with van der Waals surface area (Å²) in [5.74, 6) is 0.627. The summed E-state index contributed by atoms with van der Waals surface area (Å²) in [5, 5.41) is 11.6. The highest BCUT2D eigenvalue weighted by molar-refractivity contribution is 6.13. The molecule has 0 saturated carbocycles. The number of benzene rings is 1. The van der Waals surface area contributed by atoms with Gasteiger partial charge < -0.3 is 5.11 Å². The number of allylic oxidation sites excluding steroid dienone is 12. The van der Waals surface area contributed by atoms with E-state index in [4.69, 9.17) is 4.99 Å². The van der Waals surface area contributed by atoms with E-state index in [1.165, 1.54) is 6.08 Å². The summed E-state index contributed by atoms with van der Waals surface area (Å²) in [6.07, 6.45) is 23.9. The fourth-order valence-electron chi connectivity index (χ4n) is 3.94. The molecule has 1 aromatic carbocycles. The second-order valence-corrected chi connectivity index (χ2v) is 7.93. The summed E-state index contributed by atoms with van der Waals surface area (Å²) >= 11 is 0. The Bertz CT molecular complexity index is 1520. The van der Waals surface area contributed by atoms with Crippen molar-refractivity contribution in [1.82, 2.24) is 4.57 Å². The van der Waals surface area contributed by atoms with E-state index in [1.54, 1.807) is 60.9 Å². The van der Waals surface area contributed by atoms with Gasteiger partial charge in [0.2, 0.25) is 0 Å². The van der Waals surface area contributed by atoms with Crippen LogP contribution in [0, 0.1) is 0 Å². The molecule has 1 N–H and O–H groups in total. The molecule has 2 aromatic rings. The van der Waals surface area contributed by atoms with E-state index in [9.17, 15) is 5.11 Å². The van der Waals surface area contributed by atoms with Crippen LogP contribution >= 0.6 is 0 Å². The lowest BCUT2D eigenvalue weighted by Gasteiger charge is -2.12. The molecule has 4 heteroatoms. The van der Waals surface area contributed by atoms with E-state index < -0.39 is 0 Å². The number of aliphatic hydroxyl groups is 1. The Morgan fingerprint density at radius 1 is 0.897 bits per heavy atom. The molecule has 0 aliphatic rings. The maximum absolute atomic E-state index is 10.7. The average Bonchev–Trinajstić information content (AvgIpc) is 3.24. The van der Waals surface area contributed by atoms with E-state index in [1.807, 2.05) is 47.9 Å². The van der Waals surface area contributed by atoms with Crippen molar-refractivity contribution >= 4 is 40.2 Å². The molecule has 196 valence electrons. The Hall–Kier alpha value is -5.22. The molecule has 1 aromatic heterocycles. The molecule has 0 saturated heterocycles. The molecule has 0 fully saturated rings. The summed E-state index contributed by atoms with van der Waals surface area (Å²) in [6, 6.07) is 5.94. The molecular weight excluding hydrogens is 478 g/mol. The van der Waals surface area contributed by atoms with Gasteiger partial charge in [-0.05, 0) is 55.0 Å². The predicted octanol–water partition coefficient (Wildman–Crippen LogP) is 9.34. The van der Waals surface area contributed by atoms with Crippen molar-refractivity contribution in [3.63, 3.8) is 0 Å². The molecular formula is C35H35N3O. The van der Waals surface area contributed by atoms with Crippen LogP contribution in [0.15, 0.2) is 159 Å². The van der Waals surface area contributed by atoms with Gasteiger partial charge >= 0.3 is 0 Å². The summed E-state index contributed by atoms with van der Waals surface area (Å²) < 4.78 is 2.00. The molecule has 0 radical (unpaired) electrons. The maximum Gasteiger partial charge on any atom is 0.137 e. The largest absolute Gasteiger partial charge is 0.507 e. The second-order valence-electron chi connectivity index (χ2n) is 7.93. The highest BCUT2D eigenvalue weighted by atomic mass is 16.3. The molecule has 0 atom stereocenters. The van der Waals surface area contributed by atoms with Gasteiger partial charge in [0.15, 0.2) is 0 Å². The van der Waals surface area contributed by atoms with Crippen LogP contribution < -0.4 is 0 Å². The van der Waals surface area contributed by atoms with Crippen molar-refractivity contribution in [3.05, 3.63) is 166 Å². The SMILES string of the molecule is C=C\C=C/N=C(C=C)/C(=C/C=C)N=C(C=C)n1c(/C=C\C)c(C=C)c2ccc(C(=C/C=C)/C(O)=C\C=C)cc21. The van der Waals surface area contributed by atoms with Gasteiger partial charge in [-0.2, -0.15) is 0 Å². The first-order chi connectivity index (χ1) is 18.9. The van der Waals surface area contributed by atoms with Gasteiger partial charge in [0, 0.05) is 22.7 Å². The van der Waals surface area contributed by atoms with Crippen molar-refractivity contribution in [3.8, 4) is 0 Å². The standard InChI is InChI=1S/C35H35N3O/c1-9-17-24-36-30(15-7)31(19-11-3)37-35(16-8)38-32(20-12-4)27(14-6)29-23-22-26(25-33(29)38)28(18-10-2)34(39)21-13-5/h9-25,39H,1-3,5-8H2,4H3/b20-12-,24-17-,28-18-,31-19-,34-21+,36-30+,37-35?. The highest BCUT2D eigenvalue weighted by Gasteiger charge is 2.18. The van der Waals surface area contributed by atoms with Gasteiger partial charge in [0.25, 0.3) is 0 Å². The van der Waals surface area contributed by atoms with Crippen molar-refractivity contribution in [2.75, 3.05) is 0 Å². The Morgan fingerprint density at radius 2 is 1.62 bits per heavy atom. The summed E-state index contributed by atoms with van der Waals surface area (Å²) in [6.45, 7) is 29.0. The van der Waals surface area contributed by atoms with Gasteiger partial charge in [-0.3, -0.25) is 9.56 Å². The second kappa shape index (κ2) is 15.1. The lowest BCUT2D eigenvalue weighted by Crippen LogP contribution is -2.13. The minimum atomic E-state index is 0.0770. The van der Waals surface area contributed by atoms with E-state index in [-0.39, 0.29) is 5.76 Å². The Labute approximate surface area is 232 Å². The number of aliphatic imine (C=N–C) groups is 2. The fourth-order valence-corrected chi connectivity index (χ4v) is 3.94. The maximum atomic E-state index is 10.7. The molecule has 2 rings (SSSR count). The number of aliphatic hydroxyl groups excluding tert-OH is 1. The monoisotopic (exact) mass is 513 g/mol. The first-order valence-corrected chi connectivity index (χ1v) is 12.3. The zero-order valence-corrected chi connectivity index (χ0v) is 22.6.